The van der Waals surface area contributed by atoms with Gasteiger partial charge in [-0.25, -0.2) is 9.97 Å². The number of anilines is 1. The van der Waals surface area contributed by atoms with Crippen molar-refractivity contribution in [3.63, 3.8) is 0 Å². The van der Waals surface area contributed by atoms with E-state index in [1.54, 1.807) is 13.8 Å². The Labute approximate surface area is 169 Å². The maximum Gasteiger partial charge on any atom is 0.329 e. The summed E-state index contributed by atoms with van der Waals surface area (Å²) in [6, 6.07) is 17.9. The van der Waals surface area contributed by atoms with E-state index in [9.17, 15) is 10.1 Å². The normalized spacial score (nSPS) is 14.3. The van der Waals surface area contributed by atoms with Gasteiger partial charge < -0.3 is 9.64 Å². The largest absolute Gasteiger partial charge is 0.462 e. The molecule has 2 heterocycles. The van der Waals surface area contributed by atoms with Crippen molar-refractivity contribution < 1.29 is 9.53 Å². The maximum absolute atomic E-state index is 12.6. The van der Waals surface area contributed by atoms with Crippen LogP contribution in [0, 0.1) is 11.3 Å². The smallest absolute Gasteiger partial charge is 0.329 e. The van der Waals surface area contributed by atoms with Crippen LogP contribution in [0.1, 0.15) is 36.6 Å². The Hall–Kier alpha value is -3.46. The number of benzene rings is 2. The van der Waals surface area contributed by atoms with Gasteiger partial charge >= 0.3 is 5.97 Å². The van der Waals surface area contributed by atoms with E-state index in [1.165, 1.54) is 11.1 Å². The predicted molar refractivity (Wildman–Crippen MR) is 110 cm³/mol. The van der Waals surface area contributed by atoms with Gasteiger partial charge in [-0.2, -0.15) is 5.26 Å². The lowest BCUT2D eigenvalue weighted by Crippen LogP contribution is -2.33. The van der Waals surface area contributed by atoms with Crippen LogP contribution in [0.15, 0.2) is 48.5 Å². The fourth-order valence-electron chi connectivity index (χ4n) is 3.63. The second-order valence-electron chi connectivity index (χ2n) is 7.41. The van der Waals surface area contributed by atoms with E-state index in [1.807, 2.05) is 36.4 Å². The molecule has 1 aliphatic heterocycles. The van der Waals surface area contributed by atoms with Crippen LogP contribution in [-0.2, 0) is 22.5 Å². The van der Waals surface area contributed by atoms with Crippen LogP contribution in [0.3, 0.4) is 0 Å². The van der Waals surface area contributed by atoms with E-state index in [0.717, 1.165) is 18.5 Å². The number of hydrogen-bond acceptors (Lipinski definition) is 6. The number of nitriles is 1. The van der Waals surface area contributed by atoms with Gasteiger partial charge in [-0.1, -0.05) is 36.4 Å². The monoisotopic (exact) mass is 386 g/mol. The molecule has 0 spiro atoms. The number of ether oxygens (including phenoxy) is 1. The van der Waals surface area contributed by atoms with Crippen LogP contribution in [0.4, 0.5) is 5.82 Å². The Morgan fingerprint density at radius 3 is 2.41 bits per heavy atom. The van der Waals surface area contributed by atoms with Crippen molar-refractivity contribution in [1.82, 2.24) is 9.97 Å². The summed E-state index contributed by atoms with van der Waals surface area (Å²) in [6.45, 7) is 4.93. The molecule has 1 aliphatic rings. The first-order chi connectivity index (χ1) is 14.1. The molecule has 4 rings (SSSR count). The topological polar surface area (TPSA) is 79.1 Å². The molecule has 0 unspecified atom stereocenters. The number of carbonyl (C=O) groups is 1. The van der Waals surface area contributed by atoms with Gasteiger partial charge in [0.15, 0.2) is 11.7 Å². The maximum atomic E-state index is 12.6. The highest BCUT2D eigenvalue weighted by Gasteiger charge is 2.31. The van der Waals surface area contributed by atoms with Crippen molar-refractivity contribution in [2.45, 2.75) is 38.8 Å². The Balaban J connectivity index is 1.81. The molecule has 1 atom stereocenters. The van der Waals surface area contributed by atoms with Gasteiger partial charge in [0.25, 0.3) is 0 Å². The first kappa shape index (κ1) is 18.9. The minimum Gasteiger partial charge on any atom is -0.462 e. The molecule has 0 saturated carbocycles. The summed E-state index contributed by atoms with van der Waals surface area (Å²) in [6.07, 6.45) is 0.565. The molecule has 2 aromatic carbocycles. The molecule has 0 fully saturated rings. The number of fused-ring (bicyclic) bond motifs is 2. The summed E-state index contributed by atoms with van der Waals surface area (Å²) in [4.78, 5) is 24.2. The van der Waals surface area contributed by atoms with Crippen molar-refractivity contribution in [1.29, 1.82) is 5.26 Å². The fourth-order valence-corrected chi connectivity index (χ4v) is 3.63. The Kier molecular flexibility index (Phi) is 5.13. The highest BCUT2D eigenvalue weighted by molar-refractivity contribution is 5.85. The lowest BCUT2D eigenvalue weighted by molar-refractivity contribution is -0.147. The van der Waals surface area contributed by atoms with Crippen LogP contribution in [0.2, 0.25) is 0 Å². The van der Waals surface area contributed by atoms with Crippen LogP contribution < -0.4 is 4.90 Å². The highest BCUT2D eigenvalue weighted by atomic mass is 16.5. The van der Waals surface area contributed by atoms with E-state index in [4.69, 9.17) is 9.72 Å². The van der Waals surface area contributed by atoms with Crippen molar-refractivity contribution >= 4 is 22.8 Å². The van der Waals surface area contributed by atoms with Gasteiger partial charge in [0.2, 0.25) is 0 Å². The van der Waals surface area contributed by atoms with Gasteiger partial charge in [-0.3, -0.25) is 4.79 Å². The molecule has 0 amide bonds. The molecule has 0 N–H and O–H groups in total. The minimum atomic E-state index is -1.12. The molecule has 0 saturated heterocycles. The molecule has 0 aliphatic carbocycles. The van der Waals surface area contributed by atoms with Crippen LogP contribution >= 0.6 is 0 Å². The average Bonchev–Trinajstić information content (AvgIpc) is 2.73. The van der Waals surface area contributed by atoms with Crippen LogP contribution in [0.5, 0.6) is 0 Å². The predicted octanol–water partition coefficient (Wildman–Crippen LogP) is 3.75. The average molecular weight is 386 g/mol. The van der Waals surface area contributed by atoms with Gasteiger partial charge in [0.1, 0.15) is 5.69 Å². The number of para-hydroxylation sites is 2. The van der Waals surface area contributed by atoms with E-state index in [-0.39, 0.29) is 6.10 Å². The van der Waals surface area contributed by atoms with Gasteiger partial charge in [-0.15, -0.1) is 0 Å². The molecule has 6 heteroatoms. The number of esters is 1. The highest BCUT2D eigenvalue weighted by Crippen LogP contribution is 2.31. The first-order valence-corrected chi connectivity index (χ1v) is 9.75. The molecule has 146 valence electrons. The van der Waals surface area contributed by atoms with Crippen molar-refractivity contribution in [3.8, 4) is 6.07 Å². The summed E-state index contributed by atoms with van der Waals surface area (Å²) in [7, 11) is 0. The lowest BCUT2D eigenvalue weighted by Gasteiger charge is -2.31. The third-order valence-corrected chi connectivity index (χ3v) is 5.00. The summed E-state index contributed by atoms with van der Waals surface area (Å²) in [5.41, 5.74) is 4.28. The summed E-state index contributed by atoms with van der Waals surface area (Å²) < 4.78 is 5.32. The van der Waals surface area contributed by atoms with Crippen molar-refractivity contribution in [2.75, 3.05) is 11.4 Å². The lowest BCUT2D eigenvalue weighted by atomic mass is 9.99. The molecule has 1 aromatic heterocycles. The van der Waals surface area contributed by atoms with Crippen LogP contribution in [0.25, 0.3) is 11.0 Å². The van der Waals surface area contributed by atoms with Gasteiger partial charge in [-0.05, 0) is 43.5 Å². The minimum absolute atomic E-state index is 0.308. The Morgan fingerprint density at radius 1 is 1.07 bits per heavy atom. The molecular weight excluding hydrogens is 364 g/mol. The summed E-state index contributed by atoms with van der Waals surface area (Å²) in [5, 5.41) is 9.78. The molecule has 6 nitrogen and oxygen atoms in total. The molecule has 3 aromatic rings. The second-order valence-corrected chi connectivity index (χ2v) is 7.41. The molecule has 0 radical (unpaired) electrons. The summed E-state index contributed by atoms with van der Waals surface area (Å²) >= 11 is 0. The first-order valence-electron chi connectivity index (χ1n) is 9.75. The van der Waals surface area contributed by atoms with Crippen molar-refractivity contribution in [3.05, 3.63) is 65.4 Å². The molecule has 29 heavy (non-hydrogen) atoms. The zero-order valence-corrected chi connectivity index (χ0v) is 16.5. The summed E-state index contributed by atoms with van der Waals surface area (Å²) in [5.74, 6) is -1.14. The molecular formula is C23H22N4O2. The second kappa shape index (κ2) is 7.88. The van der Waals surface area contributed by atoms with E-state index in [0.29, 0.717) is 23.6 Å². The quantitative estimate of drug-likeness (QED) is 0.636. The van der Waals surface area contributed by atoms with Crippen molar-refractivity contribution in [2.24, 2.45) is 0 Å². The third kappa shape index (κ3) is 3.77. The molecule has 0 bridgehead atoms. The SMILES string of the molecule is CC(C)OC(=O)[C@H](C#N)c1nc2ccccc2nc1N1CCc2ccccc2C1. The van der Waals surface area contributed by atoms with Gasteiger partial charge in [0.05, 0.1) is 23.2 Å². The number of nitrogens with zero attached hydrogens (tertiary/aromatic N) is 4. The third-order valence-electron chi connectivity index (χ3n) is 5.00. The number of rotatable bonds is 4. The number of aromatic nitrogens is 2. The van der Waals surface area contributed by atoms with Crippen LogP contribution in [-0.4, -0.2) is 28.6 Å². The zero-order valence-electron chi connectivity index (χ0n) is 16.5. The standard InChI is InChI=1S/C23H22N4O2/c1-15(2)29-23(28)18(13-24)21-22(26-20-10-6-5-9-19(20)25-21)27-12-11-16-7-3-4-8-17(16)14-27/h3-10,15,18H,11-12,14H2,1-2H3/t18-/m1/s1. The Bertz CT molecular complexity index is 1100. The Morgan fingerprint density at radius 2 is 1.72 bits per heavy atom. The number of hydrogen-bond donors (Lipinski definition) is 0. The van der Waals surface area contributed by atoms with E-state index < -0.39 is 11.9 Å². The van der Waals surface area contributed by atoms with E-state index >= 15 is 0 Å². The van der Waals surface area contributed by atoms with Gasteiger partial charge in [0, 0.05) is 13.1 Å². The number of carbonyl (C=O) groups excluding carboxylic acids is 1. The fraction of sp³-hybridized carbons (Fsp3) is 0.304. The van der Waals surface area contributed by atoms with E-state index in [2.05, 4.69) is 28.1 Å². The zero-order chi connectivity index (χ0) is 20.4.